The lowest BCUT2D eigenvalue weighted by molar-refractivity contribution is -0.133. The Kier molecular flexibility index (Phi) is 4.69. The monoisotopic (exact) mass is 384 g/mol. The lowest BCUT2D eigenvalue weighted by atomic mass is 10.0. The van der Waals surface area contributed by atoms with Gasteiger partial charge in [0, 0.05) is 38.2 Å². The summed E-state index contributed by atoms with van der Waals surface area (Å²) < 4.78 is 11.9. The van der Waals surface area contributed by atoms with E-state index in [9.17, 15) is 4.79 Å². The Balaban J connectivity index is 1.34. The van der Waals surface area contributed by atoms with Crippen molar-refractivity contribution in [3.63, 3.8) is 0 Å². The van der Waals surface area contributed by atoms with Crippen molar-refractivity contribution >= 4 is 11.6 Å². The van der Waals surface area contributed by atoms with Crippen LogP contribution >= 0.6 is 0 Å². The van der Waals surface area contributed by atoms with Crippen molar-refractivity contribution in [2.75, 3.05) is 37.7 Å². The molecule has 2 aliphatic heterocycles. The summed E-state index contributed by atoms with van der Waals surface area (Å²) in [4.78, 5) is 16.8. The second kappa shape index (κ2) is 7.04. The fourth-order valence-corrected chi connectivity index (χ4v) is 4.12. The van der Waals surface area contributed by atoms with Gasteiger partial charge < -0.3 is 19.3 Å². The SMILES string of the molecule is Cc1n[nH]c(C)c1N1CCN(C(=O)COc2cccc3c2OC(C)(C)C3)CC1. The second-order valence-corrected chi connectivity index (χ2v) is 8.22. The van der Waals surface area contributed by atoms with Crippen LogP contribution in [0.2, 0.25) is 0 Å². The molecule has 1 aromatic heterocycles. The van der Waals surface area contributed by atoms with Gasteiger partial charge in [0.2, 0.25) is 0 Å². The molecular formula is C21H28N4O3. The molecule has 4 rings (SSSR count). The maximum atomic E-state index is 12.6. The zero-order valence-corrected chi connectivity index (χ0v) is 17.0. The van der Waals surface area contributed by atoms with Crippen molar-refractivity contribution in [1.29, 1.82) is 0 Å². The number of rotatable bonds is 4. The van der Waals surface area contributed by atoms with Gasteiger partial charge in [0.1, 0.15) is 5.60 Å². The number of carbonyl (C=O) groups excluding carboxylic acids is 1. The zero-order valence-electron chi connectivity index (χ0n) is 17.0. The van der Waals surface area contributed by atoms with Crippen LogP contribution in [0.3, 0.4) is 0 Å². The predicted octanol–water partition coefficient (Wildman–Crippen LogP) is 2.47. The van der Waals surface area contributed by atoms with E-state index in [1.54, 1.807) is 0 Å². The molecular weight excluding hydrogens is 356 g/mol. The van der Waals surface area contributed by atoms with Gasteiger partial charge in [-0.25, -0.2) is 0 Å². The van der Waals surface area contributed by atoms with Crippen LogP contribution in [0.1, 0.15) is 30.8 Å². The number of fused-ring (bicyclic) bond motifs is 1. The van der Waals surface area contributed by atoms with E-state index in [-0.39, 0.29) is 18.1 Å². The first-order valence-electron chi connectivity index (χ1n) is 9.82. The van der Waals surface area contributed by atoms with Crippen molar-refractivity contribution in [3.8, 4) is 11.5 Å². The molecule has 1 saturated heterocycles. The fraction of sp³-hybridized carbons (Fsp3) is 0.524. The van der Waals surface area contributed by atoms with E-state index < -0.39 is 0 Å². The molecule has 1 fully saturated rings. The molecule has 7 heteroatoms. The van der Waals surface area contributed by atoms with E-state index >= 15 is 0 Å². The van der Waals surface area contributed by atoms with Crippen LogP contribution in [0.15, 0.2) is 18.2 Å². The van der Waals surface area contributed by atoms with Gasteiger partial charge in [-0.3, -0.25) is 9.89 Å². The molecule has 2 aromatic rings. The summed E-state index contributed by atoms with van der Waals surface area (Å²) in [6.45, 7) is 11.1. The summed E-state index contributed by atoms with van der Waals surface area (Å²) in [6, 6.07) is 5.88. The highest BCUT2D eigenvalue weighted by atomic mass is 16.5. The van der Waals surface area contributed by atoms with Gasteiger partial charge >= 0.3 is 0 Å². The summed E-state index contributed by atoms with van der Waals surface area (Å²) in [5.74, 6) is 1.44. The van der Waals surface area contributed by atoms with Crippen molar-refractivity contribution in [3.05, 3.63) is 35.2 Å². The average molecular weight is 384 g/mol. The highest BCUT2D eigenvalue weighted by Gasteiger charge is 2.32. The number of carbonyl (C=O) groups is 1. The second-order valence-electron chi connectivity index (χ2n) is 8.22. The molecule has 1 amide bonds. The zero-order chi connectivity index (χ0) is 19.9. The van der Waals surface area contributed by atoms with Crippen LogP contribution in [0.4, 0.5) is 5.69 Å². The summed E-state index contributed by atoms with van der Waals surface area (Å²) in [6.07, 6.45) is 0.849. The van der Waals surface area contributed by atoms with Gasteiger partial charge in [-0.2, -0.15) is 5.10 Å². The molecule has 28 heavy (non-hydrogen) atoms. The first-order valence-corrected chi connectivity index (χ1v) is 9.82. The van der Waals surface area contributed by atoms with Crippen molar-refractivity contribution < 1.29 is 14.3 Å². The molecule has 0 bridgehead atoms. The lowest BCUT2D eigenvalue weighted by Gasteiger charge is -2.36. The number of amides is 1. The molecule has 0 unspecified atom stereocenters. The minimum Gasteiger partial charge on any atom is -0.483 e. The lowest BCUT2D eigenvalue weighted by Crippen LogP contribution is -2.50. The molecule has 0 atom stereocenters. The minimum atomic E-state index is -0.231. The number of nitrogens with zero attached hydrogens (tertiary/aromatic N) is 3. The van der Waals surface area contributed by atoms with E-state index in [1.807, 2.05) is 30.9 Å². The molecule has 0 aliphatic carbocycles. The van der Waals surface area contributed by atoms with Gasteiger partial charge in [-0.1, -0.05) is 12.1 Å². The number of aromatic nitrogens is 2. The number of hydrogen-bond donors (Lipinski definition) is 1. The Labute approximate surface area is 165 Å². The molecule has 1 N–H and O–H groups in total. The molecule has 150 valence electrons. The normalized spacial score (nSPS) is 18.0. The quantitative estimate of drug-likeness (QED) is 0.877. The number of anilines is 1. The smallest absolute Gasteiger partial charge is 0.260 e. The van der Waals surface area contributed by atoms with Gasteiger partial charge in [0.15, 0.2) is 18.1 Å². The molecule has 0 spiro atoms. The van der Waals surface area contributed by atoms with Gasteiger partial charge in [-0.05, 0) is 33.8 Å². The predicted molar refractivity (Wildman–Crippen MR) is 107 cm³/mol. The molecule has 2 aliphatic rings. The van der Waals surface area contributed by atoms with Crippen LogP contribution in [0.25, 0.3) is 0 Å². The first kappa shape index (κ1) is 18.7. The number of piperazine rings is 1. The third-order valence-corrected chi connectivity index (χ3v) is 5.44. The highest BCUT2D eigenvalue weighted by Crippen LogP contribution is 2.41. The topological polar surface area (TPSA) is 70.7 Å². The van der Waals surface area contributed by atoms with E-state index in [4.69, 9.17) is 9.47 Å². The molecule has 1 aromatic carbocycles. The number of aryl methyl sites for hydroxylation is 2. The number of benzene rings is 1. The minimum absolute atomic E-state index is 0.00940. The number of hydrogen-bond acceptors (Lipinski definition) is 5. The summed E-state index contributed by atoms with van der Waals surface area (Å²) in [7, 11) is 0. The molecule has 0 saturated carbocycles. The summed E-state index contributed by atoms with van der Waals surface area (Å²) >= 11 is 0. The summed E-state index contributed by atoms with van der Waals surface area (Å²) in [5.41, 5.74) is 4.13. The Morgan fingerprint density at radius 1 is 1.25 bits per heavy atom. The number of para-hydroxylation sites is 1. The van der Waals surface area contributed by atoms with Crippen LogP contribution < -0.4 is 14.4 Å². The van der Waals surface area contributed by atoms with E-state index in [1.165, 1.54) is 0 Å². The Bertz CT molecular complexity index is 862. The van der Waals surface area contributed by atoms with Crippen LogP contribution in [-0.2, 0) is 11.2 Å². The standard InChI is InChI=1S/C21H28N4O3/c1-14-19(15(2)23-22-14)25-10-8-24(9-11-25)18(26)13-27-17-7-5-6-16-12-21(3,4)28-20(16)17/h5-7H,8-13H2,1-4H3,(H,22,23). The molecule has 3 heterocycles. The van der Waals surface area contributed by atoms with Gasteiger partial charge in [0.25, 0.3) is 5.91 Å². The Morgan fingerprint density at radius 2 is 2.00 bits per heavy atom. The summed E-state index contributed by atoms with van der Waals surface area (Å²) in [5, 5.41) is 7.30. The average Bonchev–Trinajstić information content (AvgIpc) is 3.17. The van der Waals surface area contributed by atoms with Crippen molar-refractivity contribution in [1.82, 2.24) is 15.1 Å². The highest BCUT2D eigenvalue weighted by molar-refractivity contribution is 5.78. The van der Waals surface area contributed by atoms with Crippen LogP contribution in [0.5, 0.6) is 11.5 Å². The maximum Gasteiger partial charge on any atom is 0.260 e. The van der Waals surface area contributed by atoms with Gasteiger partial charge in [-0.15, -0.1) is 0 Å². The molecule has 7 nitrogen and oxygen atoms in total. The largest absolute Gasteiger partial charge is 0.483 e. The van der Waals surface area contributed by atoms with Crippen molar-refractivity contribution in [2.45, 2.75) is 39.7 Å². The van der Waals surface area contributed by atoms with Gasteiger partial charge in [0.05, 0.1) is 17.1 Å². The maximum absolute atomic E-state index is 12.6. The number of H-pyrrole nitrogens is 1. The third kappa shape index (κ3) is 3.53. The third-order valence-electron chi connectivity index (χ3n) is 5.44. The number of ether oxygens (including phenoxy) is 2. The number of aromatic amines is 1. The van der Waals surface area contributed by atoms with Crippen LogP contribution in [0, 0.1) is 13.8 Å². The van der Waals surface area contributed by atoms with Crippen molar-refractivity contribution in [2.24, 2.45) is 0 Å². The van der Waals surface area contributed by atoms with E-state index in [0.29, 0.717) is 18.8 Å². The Hall–Kier alpha value is -2.70. The fourth-order valence-electron chi connectivity index (χ4n) is 4.12. The van der Waals surface area contributed by atoms with Crippen LogP contribution in [-0.4, -0.2) is 59.4 Å². The van der Waals surface area contributed by atoms with E-state index in [0.717, 1.165) is 47.9 Å². The number of nitrogens with one attached hydrogen (secondary N) is 1. The molecule has 0 radical (unpaired) electrons. The first-order chi connectivity index (χ1) is 13.3. The Morgan fingerprint density at radius 3 is 2.68 bits per heavy atom. The van der Waals surface area contributed by atoms with E-state index in [2.05, 4.69) is 35.0 Å².